The Kier molecular flexibility index (Phi) is 3.27. The third-order valence-corrected chi connectivity index (χ3v) is 2.94. The van der Waals surface area contributed by atoms with Crippen LogP contribution in [0.5, 0.6) is 0 Å². The summed E-state index contributed by atoms with van der Waals surface area (Å²) in [5.74, 6) is 0.367. The van der Waals surface area contributed by atoms with Crippen LogP contribution in [0.25, 0.3) is 0 Å². The van der Waals surface area contributed by atoms with Gasteiger partial charge in [0.05, 0.1) is 6.04 Å². The Balaban J connectivity index is 2.70. The Morgan fingerprint density at radius 1 is 1.64 bits per heavy atom. The van der Waals surface area contributed by atoms with Gasteiger partial charge >= 0.3 is 0 Å². The van der Waals surface area contributed by atoms with E-state index in [0.29, 0.717) is 12.3 Å². The predicted molar refractivity (Wildman–Crippen MR) is 50.0 cm³/mol. The van der Waals surface area contributed by atoms with Crippen LogP contribution in [0, 0.1) is 17.4 Å². The van der Waals surface area contributed by atoms with Gasteiger partial charge in [-0.05, 0) is 25.7 Å². The molecule has 1 fully saturated rings. The van der Waals surface area contributed by atoms with Gasteiger partial charge in [0.1, 0.15) is 5.60 Å². The topological polar surface area (TPSA) is 62.4 Å². The zero-order chi connectivity index (χ0) is 10.6. The van der Waals surface area contributed by atoms with Crippen LogP contribution in [-0.2, 0) is 9.53 Å². The number of isocyanates is 1. The lowest BCUT2D eigenvalue weighted by Crippen LogP contribution is -2.39. The first kappa shape index (κ1) is 10.7. The molecule has 0 radical (unpaired) electrons. The quantitative estimate of drug-likeness (QED) is 0.382. The Hall–Kier alpha value is -1.33. The van der Waals surface area contributed by atoms with Crippen molar-refractivity contribution in [2.75, 3.05) is 0 Å². The molecule has 0 N–H and O–H groups in total. The predicted octanol–water partition coefficient (Wildman–Crippen LogP) is 1.77. The molecule has 4 nitrogen and oxygen atoms in total. The lowest BCUT2D eigenvalue weighted by atomic mass is 9.77. The van der Waals surface area contributed by atoms with Crippen molar-refractivity contribution in [1.82, 2.24) is 0 Å². The van der Waals surface area contributed by atoms with Crippen molar-refractivity contribution in [3.8, 4) is 6.26 Å². The van der Waals surface area contributed by atoms with Gasteiger partial charge in [-0.3, -0.25) is 0 Å². The Bertz CT molecular complexity index is 291. The van der Waals surface area contributed by atoms with Crippen molar-refractivity contribution in [1.29, 1.82) is 5.26 Å². The van der Waals surface area contributed by atoms with Gasteiger partial charge in [-0.2, -0.15) is 5.26 Å². The van der Waals surface area contributed by atoms with Gasteiger partial charge in [0.2, 0.25) is 6.08 Å². The Labute approximate surface area is 83.6 Å². The monoisotopic (exact) mass is 194 g/mol. The molecule has 1 aliphatic rings. The average Bonchev–Trinajstić information content (AvgIpc) is 2.13. The number of aliphatic imine (C=N–C) groups is 1. The third-order valence-electron chi connectivity index (χ3n) is 2.94. The van der Waals surface area contributed by atoms with Crippen LogP contribution in [0.4, 0.5) is 0 Å². The minimum Gasteiger partial charge on any atom is -0.421 e. The van der Waals surface area contributed by atoms with Gasteiger partial charge in [-0.15, -0.1) is 0 Å². The number of nitrogens with zero attached hydrogens (tertiary/aromatic N) is 2. The summed E-state index contributed by atoms with van der Waals surface area (Å²) in [6.45, 7) is 3.94. The van der Waals surface area contributed by atoms with Crippen molar-refractivity contribution in [3.05, 3.63) is 0 Å². The summed E-state index contributed by atoms with van der Waals surface area (Å²) < 4.78 is 5.01. The molecule has 0 bridgehead atoms. The van der Waals surface area contributed by atoms with E-state index < -0.39 is 5.60 Å². The minimum absolute atomic E-state index is 0.0559. The lowest BCUT2D eigenvalue weighted by Gasteiger charge is -2.36. The molecule has 0 spiro atoms. The number of rotatable bonds is 2. The zero-order valence-electron chi connectivity index (χ0n) is 8.49. The van der Waals surface area contributed by atoms with Crippen molar-refractivity contribution in [2.24, 2.45) is 10.9 Å². The molecule has 0 heterocycles. The molecule has 0 aromatic carbocycles. The minimum atomic E-state index is -0.452. The zero-order valence-corrected chi connectivity index (χ0v) is 8.49. The van der Waals surface area contributed by atoms with Gasteiger partial charge in [-0.1, -0.05) is 6.92 Å². The molecule has 76 valence electrons. The van der Waals surface area contributed by atoms with E-state index in [-0.39, 0.29) is 6.04 Å². The third kappa shape index (κ3) is 2.34. The molecule has 0 aromatic rings. The highest BCUT2D eigenvalue weighted by Gasteiger charge is 2.37. The van der Waals surface area contributed by atoms with Crippen LogP contribution in [0.15, 0.2) is 4.99 Å². The van der Waals surface area contributed by atoms with Gasteiger partial charge < -0.3 is 4.74 Å². The highest BCUT2D eigenvalue weighted by Crippen LogP contribution is 2.35. The molecular weight excluding hydrogens is 180 g/mol. The highest BCUT2D eigenvalue weighted by molar-refractivity contribution is 5.33. The number of hydrogen-bond acceptors (Lipinski definition) is 4. The van der Waals surface area contributed by atoms with E-state index in [4.69, 9.17) is 10.00 Å². The molecular formula is C10H14N2O2. The van der Waals surface area contributed by atoms with Gasteiger partial charge in [0.15, 0.2) is 0 Å². The fourth-order valence-electron chi connectivity index (χ4n) is 1.91. The SMILES string of the molecule is CC1CCC(C)(OC#N)CC1N=C=O. The van der Waals surface area contributed by atoms with Crippen LogP contribution in [0.3, 0.4) is 0 Å². The first-order valence-electron chi connectivity index (χ1n) is 4.75. The summed E-state index contributed by atoms with van der Waals surface area (Å²) in [5.41, 5.74) is -0.452. The largest absolute Gasteiger partial charge is 0.421 e. The van der Waals surface area contributed by atoms with E-state index in [1.54, 1.807) is 12.3 Å². The summed E-state index contributed by atoms with van der Waals surface area (Å²) in [5, 5.41) is 8.49. The van der Waals surface area contributed by atoms with Crippen LogP contribution < -0.4 is 0 Å². The molecule has 1 rings (SSSR count). The molecule has 0 saturated heterocycles. The summed E-state index contributed by atoms with van der Waals surface area (Å²) in [7, 11) is 0. The molecule has 0 aliphatic heterocycles. The molecule has 3 atom stereocenters. The van der Waals surface area contributed by atoms with Crippen molar-refractivity contribution in [3.63, 3.8) is 0 Å². The van der Waals surface area contributed by atoms with Gasteiger partial charge in [0, 0.05) is 6.42 Å². The van der Waals surface area contributed by atoms with E-state index >= 15 is 0 Å². The molecule has 0 amide bonds. The number of ether oxygens (including phenoxy) is 1. The fourth-order valence-corrected chi connectivity index (χ4v) is 1.91. The average molecular weight is 194 g/mol. The van der Waals surface area contributed by atoms with E-state index in [2.05, 4.69) is 11.9 Å². The standard InChI is InChI=1S/C10H14N2O2/c1-8-3-4-10(2,14-6-11)5-9(8)12-7-13/h8-9H,3-5H2,1-2H3. The van der Waals surface area contributed by atoms with Crippen LogP contribution in [-0.4, -0.2) is 17.7 Å². The second kappa shape index (κ2) is 4.26. The fraction of sp³-hybridized carbons (Fsp3) is 0.800. The number of hydrogen-bond donors (Lipinski definition) is 0. The summed E-state index contributed by atoms with van der Waals surface area (Å²) >= 11 is 0. The molecule has 1 aliphatic carbocycles. The summed E-state index contributed by atoms with van der Waals surface area (Å²) in [6.07, 6.45) is 5.69. The second-order valence-electron chi connectivity index (χ2n) is 4.15. The second-order valence-corrected chi connectivity index (χ2v) is 4.15. The molecule has 3 unspecified atom stereocenters. The lowest BCUT2D eigenvalue weighted by molar-refractivity contribution is -0.00137. The van der Waals surface area contributed by atoms with Crippen LogP contribution in [0.1, 0.15) is 33.1 Å². The van der Waals surface area contributed by atoms with E-state index in [1.165, 1.54) is 0 Å². The van der Waals surface area contributed by atoms with Gasteiger partial charge in [-0.25, -0.2) is 9.79 Å². The van der Waals surface area contributed by atoms with Crippen molar-refractivity contribution >= 4 is 6.08 Å². The normalized spacial score (nSPS) is 36.6. The first-order chi connectivity index (χ1) is 6.61. The van der Waals surface area contributed by atoms with Gasteiger partial charge in [0.25, 0.3) is 6.26 Å². The van der Waals surface area contributed by atoms with Crippen LogP contribution in [0.2, 0.25) is 0 Å². The number of carbonyl (C=O) groups excluding carboxylic acids is 1. The van der Waals surface area contributed by atoms with Crippen molar-refractivity contribution < 1.29 is 9.53 Å². The Morgan fingerprint density at radius 2 is 2.36 bits per heavy atom. The maximum atomic E-state index is 10.2. The molecule has 4 heteroatoms. The Morgan fingerprint density at radius 3 is 2.93 bits per heavy atom. The summed E-state index contributed by atoms with van der Waals surface area (Å²) in [6, 6.07) is -0.0559. The molecule has 1 saturated carbocycles. The first-order valence-corrected chi connectivity index (χ1v) is 4.75. The highest BCUT2D eigenvalue weighted by atomic mass is 16.5. The van der Waals surface area contributed by atoms with E-state index in [1.807, 2.05) is 6.92 Å². The molecule has 14 heavy (non-hydrogen) atoms. The summed E-state index contributed by atoms with van der Waals surface area (Å²) in [4.78, 5) is 13.9. The van der Waals surface area contributed by atoms with E-state index in [0.717, 1.165) is 12.8 Å². The maximum Gasteiger partial charge on any atom is 0.286 e. The maximum absolute atomic E-state index is 10.2. The molecule has 0 aromatic heterocycles. The number of nitriles is 1. The smallest absolute Gasteiger partial charge is 0.286 e. The van der Waals surface area contributed by atoms with Crippen LogP contribution >= 0.6 is 0 Å². The van der Waals surface area contributed by atoms with E-state index in [9.17, 15) is 4.79 Å². The van der Waals surface area contributed by atoms with Crippen molar-refractivity contribution in [2.45, 2.75) is 44.8 Å².